The van der Waals surface area contributed by atoms with Crippen LogP contribution in [0, 0.1) is 0 Å². The topological polar surface area (TPSA) is 76.7 Å². The van der Waals surface area contributed by atoms with Gasteiger partial charge < -0.3 is 14.8 Å². The quantitative estimate of drug-likeness (QED) is 0.831. The molecule has 0 aromatic heterocycles. The van der Waals surface area contributed by atoms with Gasteiger partial charge in [-0.3, -0.25) is 0 Å². The second kappa shape index (κ2) is 6.73. The molecule has 1 atom stereocenters. The minimum Gasteiger partial charge on any atom is -0.495 e. The van der Waals surface area contributed by atoms with Crippen molar-refractivity contribution in [2.24, 2.45) is 0 Å². The van der Waals surface area contributed by atoms with Crippen LogP contribution in [0.3, 0.4) is 0 Å². The van der Waals surface area contributed by atoms with E-state index in [-0.39, 0.29) is 23.3 Å². The Bertz CT molecular complexity index is 559. The average molecular weight is 321 g/mol. The SMILES string of the molecule is COc1cc(Cl)ccc1S(=O)(=O)NCC1CNCCO1. The predicted molar refractivity (Wildman–Crippen MR) is 75.8 cm³/mol. The summed E-state index contributed by atoms with van der Waals surface area (Å²) >= 11 is 5.82. The Labute approximate surface area is 123 Å². The van der Waals surface area contributed by atoms with E-state index in [2.05, 4.69) is 10.0 Å². The van der Waals surface area contributed by atoms with Crippen LogP contribution in [0.2, 0.25) is 5.02 Å². The van der Waals surface area contributed by atoms with E-state index in [0.717, 1.165) is 6.54 Å². The Kier molecular flexibility index (Phi) is 5.22. The summed E-state index contributed by atoms with van der Waals surface area (Å²) in [4.78, 5) is 0.0631. The monoisotopic (exact) mass is 320 g/mol. The molecule has 2 N–H and O–H groups in total. The Morgan fingerprint density at radius 1 is 1.55 bits per heavy atom. The highest BCUT2D eigenvalue weighted by molar-refractivity contribution is 7.89. The number of morpholine rings is 1. The van der Waals surface area contributed by atoms with Crippen molar-refractivity contribution in [2.45, 2.75) is 11.0 Å². The fourth-order valence-electron chi connectivity index (χ4n) is 1.89. The van der Waals surface area contributed by atoms with Crippen molar-refractivity contribution in [1.29, 1.82) is 0 Å². The molecule has 1 saturated heterocycles. The van der Waals surface area contributed by atoms with Gasteiger partial charge in [-0.1, -0.05) is 11.6 Å². The van der Waals surface area contributed by atoms with Crippen LogP contribution in [0.25, 0.3) is 0 Å². The van der Waals surface area contributed by atoms with Crippen LogP contribution in [-0.2, 0) is 14.8 Å². The molecule has 1 unspecified atom stereocenters. The Morgan fingerprint density at radius 3 is 3.00 bits per heavy atom. The molecule has 6 nitrogen and oxygen atoms in total. The maximum Gasteiger partial charge on any atom is 0.244 e. The van der Waals surface area contributed by atoms with Crippen LogP contribution in [-0.4, -0.2) is 47.9 Å². The summed E-state index contributed by atoms with van der Waals surface area (Å²) in [5.41, 5.74) is 0. The minimum absolute atomic E-state index is 0.0631. The number of methoxy groups -OCH3 is 1. The van der Waals surface area contributed by atoms with Gasteiger partial charge in [-0.15, -0.1) is 0 Å². The highest BCUT2D eigenvalue weighted by Gasteiger charge is 2.22. The zero-order chi connectivity index (χ0) is 14.6. The Balaban J connectivity index is 2.09. The molecule has 8 heteroatoms. The number of hydrogen-bond donors (Lipinski definition) is 2. The van der Waals surface area contributed by atoms with Gasteiger partial charge in [-0.25, -0.2) is 13.1 Å². The molecule has 2 rings (SSSR count). The van der Waals surface area contributed by atoms with Crippen molar-refractivity contribution in [2.75, 3.05) is 33.4 Å². The lowest BCUT2D eigenvalue weighted by Crippen LogP contribution is -2.45. The zero-order valence-electron chi connectivity index (χ0n) is 11.1. The predicted octanol–water partition coefficient (Wildman–Crippen LogP) is 0.615. The number of hydrogen-bond acceptors (Lipinski definition) is 5. The zero-order valence-corrected chi connectivity index (χ0v) is 12.6. The van der Waals surface area contributed by atoms with Gasteiger partial charge in [0.25, 0.3) is 0 Å². The van der Waals surface area contributed by atoms with Crippen LogP contribution in [0.1, 0.15) is 0 Å². The number of sulfonamides is 1. The van der Waals surface area contributed by atoms with E-state index >= 15 is 0 Å². The molecule has 0 amide bonds. The Morgan fingerprint density at radius 2 is 2.35 bits per heavy atom. The van der Waals surface area contributed by atoms with Crippen LogP contribution in [0.5, 0.6) is 5.75 Å². The summed E-state index contributed by atoms with van der Waals surface area (Å²) in [6.07, 6.45) is -0.170. The number of halogens is 1. The normalized spacial score (nSPS) is 19.8. The van der Waals surface area contributed by atoms with Crippen molar-refractivity contribution >= 4 is 21.6 Å². The van der Waals surface area contributed by atoms with Crippen molar-refractivity contribution in [3.05, 3.63) is 23.2 Å². The molecule has 1 aromatic rings. The molecule has 0 saturated carbocycles. The van der Waals surface area contributed by atoms with Gasteiger partial charge in [0.15, 0.2) is 0 Å². The highest BCUT2D eigenvalue weighted by atomic mass is 35.5. The van der Waals surface area contributed by atoms with Gasteiger partial charge in [-0.2, -0.15) is 0 Å². The molecule has 20 heavy (non-hydrogen) atoms. The fourth-order valence-corrected chi connectivity index (χ4v) is 3.27. The molecule has 0 radical (unpaired) electrons. The molecule has 1 heterocycles. The van der Waals surface area contributed by atoms with Crippen molar-refractivity contribution < 1.29 is 17.9 Å². The molecule has 0 aliphatic carbocycles. The summed E-state index contributed by atoms with van der Waals surface area (Å²) in [6, 6.07) is 4.40. The lowest BCUT2D eigenvalue weighted by molar-refractivity contribution is 0.0324. The summed E-state index contributed by atoms with van der Waals surface area (Å²) in [5, 5.41) is 3.56. The molecule has 1 aromatic carbocycles. The summed E-state index contributed by atoms with van der Waals surface area (Å²) in [7, 11) is -2.26. The first-order valence-corrected chi connectivity index (χ1v) is 8.04. The number of rotatable bonds is 5. The van der Waals surface area contributed by atoms with Crippen LogP contribution in [0.4, 0.5) is 0 Å². The van der Waals surface area contributed by atoms with Crippen molar-refractivity contribution in [3.63, 3.8) is 0 Å². The highest BCUT2D eigenvalue weighted by Crippen LogP contribution is 2.26. The average Bonchev–Trinajstić information content (AvgIpc) is 2.46. The second-order valence-corrected chi connectivity index (χ2v) is 6.52. The van der Waals surface area contributed by atoms with Gasteiger partial charge in [0.2, 0.25) is 10.0 Å². The smallest absolute Gasteiger partial charge is 0.244 e. The molecule has 1 aliphatic heterocycles. The largest absolute Gasteiger partial charge is 0.495 e. The van der Waals surface area contributed by atoms with Crippen LogP contribution in [0.15, 0.2) is 23.1 Å². The van der Waals surface area contributed by atoms with Gasteiger partial charge in [0, 0.05) is 30.7 Å². The van der Waals surface area contributed by atoms with Gasteiger partial charge in [0.05, 0.1) is 19.8 Å². The van der Waals surface area contributed by atoms with Gasteiger partial charge >= 0.3 is 0 Å². The van der Waals surface area contributed by atoms with Gasteiger partial charge in [0.1, 0.15) is 10.6 Å². The first-order chi connectivity index (χ1) is 9.53. The van der Waals surface area contributed by atoms with Crippen LogP contribution >= 0.6 is 11.6 Å². The molecule has 112 valence electrons. The Hall–Kier alpha value is -0.860. The van der Waals surface area contributed by atoms with Gasteiger partial charge in [-0.05, 0) is 12.1 Å². The molecule has 0 bridgehead atoms. The first-order valence-electron chi connectivity index (χ1n) is 6.18. The fraction of sp³-hybridized carbons (Fsp3) is 0.500. The molecule has 1 aliphatic rings. The minimum atomic E-state index is -3.66. The third-order valence-electron chi connectivity index (χ3n) is 2.92. The molecule has 0 spiro atoms. The summed E-state index contributed by atoms with van der Waals surface area (Å²) in [6.45, 7) is 2.20. The van der Waals surface area contributed by atoms with E-state index in [9.17, 15) is 8.42 Å². The third-order valence-corrected chi connectivity index (χ3v) is 4.62. The third kappa shape index (κ3) is 3.83. The van der Waals surface area contributed by atoms with E-state index in [4.69, 9.17) is 21.1 Å². The van der Waals surface area contributed by atoms with E-state index < -0.39 is 10.0 Å². The molecular weight excluding hydrogens is 304 g/mol. The first kappa shape index (κ1) is 15.5. The van der Waals surface area contributed by atoms with E-state index in [0.29, 0.717) is 18.2 Å². The van der Waals surface area contributed by atoms with Crippen molar-refractivity contribution in [1.82, 2.24) is 10.0 Å². The van der Waals surface area contributed by atoms with E-state index in [1.165, 1.54) is 25.3 Å². The van der Waals surface area contributed by atoms with Crippen LogP contribution < -0.4 is 14.8 Å². The number of nitrogens with one attached hydrogen (secondary N) is 2. The number of benzene rings is 1. The lowest BCUT2D eigenvalue weighted by atomic mass is 10.3. The summed E-state index contributed by atoms with van der Waals surface area (Å²) in [5.74, 6) is 0.215. The van der Waals surface area contributed by atoms with E-state index in [1.54, 1.807) is 0 Å². The lowest BCUT2D eigenvalue weighted by Gasteiger charge is -2.23. The number of ether oxygens (including phenoxy) is 2. The molecule has 1 fully saturated rings. The standard InChI is InChI=1S/C12H17ClN2O4S/c1-18-11-6-9(13)2-3-12(11)20(16,17)15-8-10-7-14-4-5-19-10/h2-3,6,10,14-15H,4-5,7-8H2,1H3. The second-order valence-electron chi connectivity index (χ2n) is 4.34. The molecular formula is C12H17ClN2O4S. The van der Waals surface area contributed by atoms with E-state index in [1.807, 2.05) is 0 Å². The summed E-state index contributed by atoms with van der Waals surface area (Å²) < 4.78 is 37.5. The van der Waals surface area contributed by atoms with Crippen molar-refractivity contribution in [3.8, 4) is 5.75 Å². The maximum absolute atomic E-state index is 12.3. The maximum atomic E-state index is 12.3.